The van der Waals surface area contributed by atoms with Crippen molar-refractivity contribution < 1.29 is 19.7 Å². The molecule has 1 aromatic carbocycles. The van der Waals surface area contributed by atoms with Crippen LogP contribution in [-0.4, -0.2) is 50.4 Å². The fourth-order valence-corrected chi connectivity index (χ4v) is 5.54. The molecule has 192 valence electrons. The van der Waals surface area contributed by atoms with Crippen molar-refractivity contribution in [2.45, 2.75) is 63.6 Å². The van der Waals surface area contributed by atoms with Gasteiger partial charge in [-0.3, -0.25) is 4.79 Å². The number of carbonyl (C=O) groups excluding carboxylic acids is 1. The van der Waals surface area contributed by atoms with Gasteiger partial charge in [0, 0.05) is 12.8 Å². The molecule has 0 saturated carbocycles. The Morgan fingerprint density at radius 2 is 2.05 bits per heavy atom. The van der Waals surface area contributed by atoms with E-state index in [1.165, 1.54) is 11.8 Å². The zero-order chi connectivity index (χ0) is 26.3. The third-order valence-corrected chi connectivity index (χ3v) is 7.87. The number of allylic oxidation sites excluding steroid dienone is 2. The number of aromatic amines is 1. The molecule has 0 amide bonds. The first-order valence-corrected chi connectivity index (χ1v) is 12.8. The average molecular weight is 500 g/mol. The number of aliphatic hydroxyl groups excluding tert-OH is 2. The van der Waals surface area contributed by atoms with Crippen LogP contribution in [0.1, 0.15) is 79.0 Å². The molecular weight excluding hydrogens is 466 g/mol. The number of aryl methyl sites for hydroxylation is 1. The molecule has 0 radical (unpaired) electrons. The number of hydrogen-bond donors (Lipinski definition) is 3. The van der Waals surface area contributed by atoms with E-state index >= 15 is 0 Å². The molecule has 3 N–H and O–H groups in total. The minimum Gasteiger partial charge on any atom is -0.393 e. The summed E-state index contributed by atoms with van der Waals surface area (Å²) in [6.07, 6.45) is 13.8. The maximum Gasteiger partial charge on any atom is 0.198 e. The minimum atomic E-state index is -0.916. The predicted octanol–water partition coefficient (Wildman–Crippen LogP) is 4.53. The maximum atomic E-state index is 12.8. The van der Waals surface area contributed by atoms with Gasteiger partial charge in [-0.25, -0.2) is 4.98 Å². The molecule has 2 atom stereocenters. The number of nitrogens with zero attached hydrogens (tertiary/aromatic N) is 2. The monoisotopic (exact) mass is 499 g/mol. The van der Waals surface area contributed by atoms with E-state index in [4.69, 9.17) is 10.00 Å². The van der Waals surface area contributed by atoms with Crippen molar-refractivity contribution in [2.75, 3.05) is 13.2 Å². The highest BCUT2D eigenvalue weighted by Gasteiger charge is 2.47. The summed E-state index contributed by atoms with van der Waals surface area (Å²) >= 11 is 0. The van der Waals surface area contributed by atoms with E-state index in [1.807, 2.05) is 24.3 Å². The number of benzene rings is 1. The van der Waals surface area contributed by atoms with Crippen molar-refractivity contribution in [2.24, 2.45) is 5.41 Å². The van der Waals surface area contributed by atoms with E-state index in [1.54, 1.807) is 0 Å². The molecular formula is C30H33N3O4. The SMILES string of the molecule is CC1(C)CC=C(c2cc(C3=C[C@@]4(CO)C=C[C@@](CO)(C3)O4)ccc2CCC(=O)c2ncc(C#N)[nH]2)CC1. The quantitative estimate of drug-likeness (QED) is 0.363. The molecule has 0 fully saturated rings. The molecule has 3 heterocycles. The number of rotatable bonds is 8. The number of nitrogens with one attached hydrogen (secondary N) is 1. The molecule has 0 unspecified atom stereocenters. The number of carbonyl (C=O) groups is 1. The van der Waals surface area contributed by atoms with E-state index in [9.17, 15) is 15.0 Å². The molecule has 1 aromatic heterocycles. The van der Waals surface area contributed by atoms with Crippen LogP contribution in [0.2, 0.25) is 0 Å². The van der Waals surface area contributed by atoms with Crippen LogP contribution in [0, 0.1) is 16.7 Å². The van der Waals surface area contributed by atoms with Crippen LogP contribution >= 0.6 is 0 Å². The topological polar surface area (TPSA) is 119 Å². The van der Waals surface area contributed by atoms with Gasteiger partial charge in [0.15, 0.2) is 11.6 Å². The van der Waals surface area contributed by atoms with Crippen molar-refractivity contribution >= 4 is 16.9 Å². The number of imidazole rings is 1. The van der Waals surface area contributed by atoms with Crippen LogP contribution in [0.3, 0.4) is 0 Å². The van der Waals surface area contributed by atoms with Crippen LogP contribution < -0.4 is 0 Å². The first kappa shape index (κ1) is 25.3. The third kappa shape index (κ3) is 4.97. The molecule has 7 heteroatoms. The number of fused-ring (bicyclic) bond motifs is 2. The lowest BCUT2D eigenvalue weighted by atomic mass is 9.75. The van der Waals surface area contributed by atoms with Crippen molar-refractivity contribution in [1.29, 1.82) is 5.26 Å². The molecule has 2 aliphatic heterocycles. The van der Waals surface area contributed by atoms with Crippen LogP contribution in [0.4, 0.5) is 0 Å². The van der Waals surface area contributed by atoms with Gasteiger partial charge in [0.05, 0.1) is 19.4 Å². The largest absolute Gasteiger partial charge is 0.393 e. The van der Waals surface area contributed by atoms with E-state index in [0.717, 1.165) is 41.5 Å². The highest BCUT2D eigenvalue weighted by atomic mass is 16.5. The van der Waals surface area contributed by atoms with Crippen molar-refractivity contribution in [3.63, 3.8) is 0 Å². The summed E-state index contributed by atoms with van der Waals surface area (Å²) in [5.41, 5.74) is 4.39. The molecule has 3 aliphatic rings. The minimum absolute atomic E-state index is 0.125. The van der Waals surface area contributed by atoms with E-state index < -0.39 is 11.2 Å². The number of aliphatic hydroxyl groups is 2. The summed E-state index contributed by atoms with van der Waals surface area (Å²) in [7, 11) is 0. The smallest absolute Gasteiger partial charge is 0.198 e. The lowest BCUT2D eigenvalue weighted by Crippen LogP contribution is -2.44. The third-order valence-electron chi connectivity index (χ3n) is 7.87. The summed E-state index contributed by atoms with van der Waals surface area (Å²) in [6.45, 7) is 4.22. The summed E-state index contributed by atoms with van der Waals surface area (Å²) in [4.78, 5) is 19.6. The number of ketones is 1. The second kappa shape index (κ2) is 9.53. The van der Waals surface area contributed by atoms with Gasteiger partial charge >= 0.3 is 0 Å². The predicted molar refractivity (Wildman–Crippen MR) is 140 cm³/mol. The van der Waals surface area contributed by atoms with E-state index in [2.05, 4.69) is 48.1 Å². The second-order valence-electron chi connectivity index (χ2n) is 11.3. The highest BCUT2D eigenvalue weighted by molar-refractivity contribution is 5.93. The summed E-state index contributed by atoms with van der Waals surface area (Å²) < 4.78 is 6.07. The van der Waals surface area contributed by atoms with E-state index in [-0.39, 0.29) is 42.4 Å². The Morgan fingerprint density at radius 1 is 1.22 bits per heavy atom. The van der Waals surface area contributed by atoms with Gasteiger partial charge in [-0.2, -0.15) is 5.26 Å². The fourth-order valence-electron chi connectivity index (χ4n) is 5.54. The van der Waals surface area contributed by atoms with Crippen LogP contribution in [0.5, 0.6) is 0 Å². The van der Waals surface area contributed by atoms with Crippen molar-refractivity contribution in [3.05, 3.63) is 76.9 Å². The Balaban J connectivity index is 1.47. The van der Waals surface area contributed by atoms with E-state index in [0.29, 0.717) is 12.8 Å². The Morgan fingerprint density at radius 3 is 2.73 bits per heavy atom. The van der Waals surface area contributed by atoms with Gasteiger partial charge in [-0.15, -0.1) is 0 Å². The molecule has 2 bridgehead atoms. The van der Waals surface area contributed by atoms with Crippen LogP contribution in [0.25, 0.3) is 11.1 Å². The zero-order valence-electron chi connectivity index (χ0n) is 21.4. The molecule has 37 heavy (non-hydrogen) atoms. The molecule has 2 aromatic rings. The van der Waals surface area contributed by atoms with Crippen molar-refractivity contribution in [3.8, 4) is 6.07 Å². The number of aromatic nitrogens is 2. The normalized spacial score (nSPS) is 25.9. The molecule has 0 saturated heterocycles. The first-order chi connectivity index (χ1) is 17.7. The second-order valence-corrected chi connectivity index (χ2v) is 11.3. The fraction of sp³-hybridized carbons (Fsp3) is 0.433. The molecule has 5 rings (SSSR count). The average Bonchev–Trinajstić information content (AvgIpc) is 3.50. The lowest BCUT2D eigenvalue weighted by Gasteiger charge is -2.38. The number of ether oxygens (including phenoxy) is 1. The number of hydrogen-bond acceptors (Lipinski definition) is 6. The van der Waals surface area contributed by atoms with Crippen molar-refractivity contribution in [1.82, 2.24) is 9.97 Å². The Hall–Kier alpha value is -3.31. The Kier molecular flexibility index (Phi) is 6.53. The first-order valence-electron chi connectivity index (χ1n) is 12.8. The Labute approximate surface area is 217 Å². The Bertz CT molecular complexity index is 1360. The number of Topliss-reactive ketones (excluding diaryl/α,β-unsaturated/α-hetero) is 1. The van der Waals surface area contributed by atoms with Gasteiger partial charge in [-0.05, 0) is 77.2 Å². The molecule has 7 nitrogen and oxygen atoms in total. The molecule has 1 aliphatic carbocycles. The van der Waals surface area contributed by atoms with Gasteiger partial charge < -0.3 is 19.9 Å². The van der Waals surface area contributed by atoms with Gasteiger partial charge in [0.2, 0.25) is 0 Å². The van der Waals surface area contributed by atoms with Crippen LogP contribution in [0.15, 0.2) is 48.7 Å². The zero-order valence-corrected chi connectivity index (χ0v) is 21.4. The van der Waals surface area contributed by atoms with Gasteiger partial charge in [0.1, 0.15) is 23.0 Å². The number of H-pyrrole nitrogens is 1. The summed E-state index contributed by atoms with van der Waals surface area (Å²) in [5, 5.41) is 29.1. The van der Waals surface area contributed by atoms with Gasteiger partial charge in [0.25, 0.3) is 0 Å². The standard InChI is InChI=1S/C30H33N3O4/c1-28(2)9-7-21(8-10-28)25-13-22(23-14-29(18-34)11-12-30(15-23,19-35)37-29)4-3-20(25)5-6-26(36)27-32-17-24(16-31)33-27/h3-4,7,11-14,17,34-35H,5-6,8-10,15,18-19H2,1-2H3,(H,32,33)/t29-,30+/m1/s1. The summed E-state index contributed by atoms with van der Waals surface area (Å²) in [5.74, 6) is 0.0899. The highest BCUT2D eigenvalue weighted by Crippen LogP contribution is 2.46. The van der Waals surface area contributed by atoms with Gasteiger partial charge in [-0.1, -0.05) is 38.1 Å². The lowest BCUT2D eigenvalue weighted by molar-refractivity contribution is -0.109. The maximum absolute atomic E-state index is 12.8. The van der Waals surface area contributed by atoms with Crippen LogP contribution in [-0.2, 0) is 11.2 Å². The molecule has 0 spiro atoms. The summed E-state index contributed by atoms with van der Waals surface area (Å²) in [6, 6.07) is 8.31. The number of nitriles is 1.